The fourth-order valence-electron chi connectivity index (χ4n) is 3.69. The Bertz CT molecular complexity index is 513. The second-order valence-corrected chi connectivity index (χ2v) is 9.75. The van der Waals surface area contributed by atoms with Crippen LogP contribution in [0.1, 0.15) is 103 Å². The first-order chi connectivity index (χ1) is 14.6. The molecule has 1 atom stereocenters. The Morgan fingerprint density at radius 1 is 0.871 bits per heavy atom. The van der Waals surface area contributed by atoms with E-state index in [-0.39, 0.29) is 17.4 Å². The topological polar surface area (TPSA) is 86.7 Å². The van der Waals surface area contributed by atoms with Gasteiger partial charge < -0.3 is 24.2 Å². The Hall–Kier alpha value is -1.40. The minimum atomic E-state index is -2.03. The fraction of sp³-hybridized carbons (Fsp3) is 0.840. The normalized spacial score (nSPS) is 14.0. The number of unbranched alkanes of at least 4 members (excludes halogenated alkanes) is 11. The molecular weight excluding hydrogens is 394 g/mol. The molecule has 1 N–H and O–H groups in total. The SMILES string of the molecule is CCCCCC=CCCCCCCCCCCC(=O)OC(O)(CC(=O)[O-])C[N+](C)(C)C. The predicted molar refractivity (Wildman–Crippen MR) is 123 cm³/mol. The van der Waals surface area contributed by atoms with Crippen LogP contribution in [0, 0.1) is 0 Å². The van der Waals surface area contributed by atoms with Crippen molar-refractivity contribution < 1.29 is 29.0 Å². The summed E-state index contributed by atoms with van der Waals surface area (Å²) in [4.78, 5) is 23.0. The number of likely N-dealkylation sites (N-methyl/N-ethyl adjacent to an activating group) is 1. The van der Waals surface area contributed by atoms with Crippen molar-refractivity contribution in [2.45, 2.75) is 109 Å². The van der Waals surface area contributed by atoms with Crippen molar-refractivity contribution in [3.8, 4) is 0 Å². The molecule has 0 bridgehead atoms. The summed E-state index contributed by atoms with van der Waals surface area (Å²) in [5.74, 6) is -4.02. The van der Waals surface area contributed by atoms with Gasteiger partial charge in [-0.1, -0.05) is 70.4 Å². The summed E-state index contributed by atoms with van der Waals surface area (Å²) < 4.78 is 5.39. The molecule has 0 saturated carbocycles. The maximum Gasteiger partial charge on any atom is 0.308 e. The van der Waals surface area contributed by atoms with Crippen LogP contribution in [0.5, 0.6) is 0 Å². The van der Waals surface area contributed by atoms with Gasteiger partial charge in [-0.05, 0) is 32.1 Å². The summed E-state index contributed by atoms with van der Waals surface area (Å²) in [5.41, 5.74) is 0. The monoisotopic (exact) mass is 441 g/mol. The number of allylic oxidation sites excluding steroid dienone is 2. The number of carboxylic acid groups (broad SMARTS) is 1. The van der Waals surface area contributed by atoms with Crippen molar-refractivity contribution in [3.05, 3.63) is 12.2 Å². The lowest BCUT2D eigenvalue weighted by Gasteiger charge is -2.35. The maximum absolute atomic E-state index is 12.1. The Labute approximate surface area is 190 Å². The van der Waals surface area contributed by atoms with E-state index in [4.69, 9.17) is 4.74 Å². The lowest BCUT2D eigenvalue weighted by molar-refractivity contribution is -0.880. The van der Waals surface area contributed by atoms with E-state index in [0.717, 1.165) is 19.3 Å². The molecule has 182 valence electrons. The average molecular weight is 442 g/mol. The van der Waals surface area contributed by atoms with Gasteiger partial charge in [-0.3, -0.25) is 4.79 Å². The van der Waals surface area contributed by atoms with Crippen molar-refractivity contribution >= 4 is 11.9 Å². The van der Waals surface area contributed by atoms with E-state index in [0.29, 0.717) is 6.42 Å². The Morgan fingerprint density at radius 3 is 1.84 bits per heavy atom. The van der Waals surface area contributed by atoms with Gasteiger partial charge >= 0.3 is 5.97 Å². The van der Waals surface area contributed by atoms with E-state index < -0.39 is 24.1 Å². The van der Waals surface area contributed by atoms with Crippen LogP contribution in [0.3, 0.4) is 0 Å². The lowest BCUT2D eigenvalue weighted by atomic mass is 10.1. The number of nitrogens with zero attached hydrogens (tertiary/aromatic N) is 1. The van der Waals surface area contributed by atoms with E-state index in [1.165, 1.54) is 57.8 Å². The third-order valence-corrected chi connectivity index (χ3v) is 5.09. The number of esters is 1. The second-order valence-electron chi connectivity index (χ2n) is 9.75. The van der Waals surface area contributed by atoms with Gasteiger partial charge in [0.05, 0.1) is 27.6 Å². The number of hydrogen-bond donors (Lipinski definition) is 1. The van der Waals surface area contributed by atoms with Gasteiger partial charge in [-0.15, -0.1) is 0 Å². The summed E-state index contributed by atoms with van der Waals surface area (Å²) >= 11 is 0. The fourth-order valence-corrected chi connectivity index (χ4v) is 3.69. The Kier molecular flexibility index (Phi) is 16.4. The molecule has 0 fully saturated rings. The maximum atomic E-state index is 12.1. The number of aliphatic carboxylic acids is 1. The molecular formula is C25H47NO5. The molecule has 0 aliphatic heterocycles. The zero-order chi connectivity index (χ0) is 23.6. The number of ether oxygens (including phenoxy) is 1. The molecule has 0 spiro atoms. The second kappa shape index (κ2) is 17.2. The molecule has 0 amide bonds. The summed E-state index contributed by atoms with van der Waals surface area (Å²) in [6.45, 7) is 2.22. The quantitative estimate of drug-likeness (QED) is 0.101. The molecule has 0 aromatic heterocycles. The number of carbonyl (C=O) groups is 2. The molecule has 0 aliphatic rings. The molecule has 0 saturated heterocycles. The molecule has 1 unspecified atom stereocenters. The summed E-state index contributed by atoms with van der Waals surface area (Å²) in [6, 6.07) is 0. The van der Waals surface area contributed by atoms with Gasteiger partial charge in [0.1, 0.15) is 6.54 Å². The van der Waals surface area contributed by atoms with Gasteiger partial charge in [0.25, 0.3) is 5.79 Å². The number of hydrogen-bond acceptors (Lipinski definition) is 5. The minimum Gasteiger partial charge on any atom is -0.550 e. The third kappa shape index (κ3) is 20.3. The molecule has 0 heterocycles. The molecule has 0 aromatic rings. The third-order valence-electron chi connectivity index (χ3n) is 5.09. The highest BCUT2D eigenvalue weighted by Gasteiger charge is 2.37. The van der Waals surface area contributed by atoms with E-state index in [9.17, 15) is 19.8 Å². The van der Waals surface area contributed by atoms with Gasteiger partial charge in [-0.25, -0.2) is 0 Å². The van der Waals surface area contributed by atoms with Crippen LogP contribution in [0.2, 0.25) is 0 Å². The first kappa shape index (κ1) is 29.6. The summed E-state index contributed by atoms with van der Waals surface area (Å²) in [5, 5.41) is 21.3. The minimum absolute atomic E-state index is 0.0125. The van der Waals surface area contributed by atoms with Crippen LogP contribution in [0.15, 0.2) is 12.2 Å². The standard InChI is InChI=1S/C25H47NO5/c1-5-6-7-8-9-10-11-12-13-14-15-16-17-18-19-20-24(29)31-25(30,21-23(27)28)22-26(2,3)4/h9-10,30H,5-8,11-22H2,1-4H3. The van der Waals surface area contributed by atoms with Gasteiger partial charge in [0.2, 0.25) is 0 Å². The van der Waals surface area contributed by atoms with E-state index in [1.807, 2.05) is 0 Å². The van der Waals surface area contributed by atoms with Crippen molar-refractivity contribution in [1.29, 1.82) is 0 Å². The van der Waals surface area contributed by atoms with Crippen molar-refractivity contribution in [2.24, 2.45) is 0 Å². The summed E-state index contributed by atoms with van der Waals surface area (Å²) in [7, 11) is 5.37. The zero-order valence-corrected chi connectivity index (χ0v) is 20.5. The molecule has 6 nitrogen and oxygen atoms in total. The Balaban J connectivity index is 3.77. The van der Waals surface area contributed by atoms with Gasteiger partial charge in [0, 0.05) is 12.4 Å². The zero-order valence-electron chi connectivity index (χ0n) is 20.5. The average Bonchev–Trinajstić information content (AvgIpc) is 2.62. The van der Waals surface area contributed by atoms with Crippen molar-refractivity contribution in [3.63, 3.8) is 0 Å². The number of carboxylic acids is 1. The largest absolute Gasteiger partial charge is 0.550 e. The highest BCUT2D eigenvalue weighted by Crippen LogP contribution is 2.18. The highest BCUT2D eigenvalue weighted by atomic mass is 16.7. The van der Waals surface area contributed by atoms with Crippen molar-refractivity contribution in [2.75, 3.05) is 27.7 Å². The molecule has 0 radical (unpaired) electrons. The molecule has 6 heteroatoms. The van der Waals surface area contributed by atoms with E-state index in [1.54, 1.807) is 21.1 Å². The molecule has 0 aromatic carbocycles. The lowest BCUT2D eigenvalue weighted by Crippen LogP contribution is -2.54. The van der Waals surface area contributed by atoms with Gasteiger partial charge in [-0.2, -0.15) is 0 Å². The van der Waals surface area contributed by atoms with Crippen LogP contribution in [0.25, 0.3) is 0 Å². The number of aliphatic hydroxyl groups is 1. The van der Waals surface area contributed by atoms with Crippen LogP contribution < -0.4 is 5.11 Å². The number of rotatable bonds is 20. The van der Waals surface area contributed by atoms with Crippen LogP contribution in [-0.2, 0) is 14.3 Å². The molecule has 0 rings (SSSR count). The first-order valence-electron chi connectivity index (χ1n) is 12.2. The smallest absolute Gasteiger partial charge is 0.308 e. The molecule has 0 aliphatic carbocycles. The molecule has 31 heavy (non-hydrogen) atoms. The van der Waals surface area contributed by atoms with E-state index >= 15 is 0 Å². The van der Waals surface area contributed by atoms with Crippen LogP contribution in [0.4, 0.5) is 0 Å². The van der Waals surface area contributed by atoms with E-state index in [2.05, 4.69) is 19.1 Å². The highest BCUT2D eigenvalue weighted by molar-refractivity contribution is 5.71. The van der Waals surface area contributed by atoms with Crippen LogP contribution in [-0.4, -0.2) is 55.0 Å². The number of quaternary nitrogens is 1. The predicted octanol–water partition coefficient (Wildman–Crippen LogP) is 4.10. The number of carbonyl (C=O) groups excluding carboxylic acids is 2. The Morgan fingerprint density at radius 2 is 1.35 bits per heavy atom. The van der Waals surface area contributed by atoms with Gasteiger partial charge in [0.15, 0.2) is 0 Å². The summed E-state index contributed by atoms with van der Waals surface area (Å²) in [6.07, 6.45) is 19.3. The van der Waals surface area contributed by atoms with Crippen molar-refractivity contribution in [1.82, 2.24) is 0 Å². The van der Waals surface area contributed by atoms with Crippen LogP contribution >= 0.6 is 0 Å². The first-order valence-corrected chi connectivity index (χ1v) is 12.2.